The van der Waals surface area contributed by atoms with E-state index in [1.165, 1.54) is 38.8 Å². The van der Waals surface area contributed by atoms with Gasteiger partial charge in [-0.1, -0.05) is 12.8 Å². The third-order valence-electron chi connectivity index (χ3n) is 4.08. The largest absolute Gasteiger partial charge is 0.389 e. The number of methoxy groups -OCH3 is 1. The molecule has 1 atom stereocenters. The van der Waals surface area contributed by atoms with Crippen molar-refractivity contribution in [2.45, 2.75) is 37.8 Å². The van der Waals surface area contributed by atoms with Crippen LogP contribution in [0.5, 0.6) is 0 Å². The van der Waals surface area contributed by atoms with E-state index >= 15 is 0 Å². The molecule has 0 aromatic heterocycles. The molecule has 0 aromatic carbocycles. The Morgan fingerprint density at radius 2 is 1.82 bits per heavy atom. The maximum Gasteiger partial charge on any atom is 0.0900 e. The van der Waals surface area contributed by atoms with E-state index in [1.807, 2.05) is 0 Å². The summed E-state index contributed by atoms with van der Waals surface area (Å²) in [4.78, 5) is 5.00. The minimum Gasteiger partial charge on any atom is -0.389 e. The van der Waals surface area contributed by atoms with Crippen LogP contribution in [0.2, 0.25) is 0 Å². The summed E-state index contributed by atoms with van der Waals surface area (Å²) in [7, 11) is 1.64. The molecule has 100 valence electrons. The number of hydrogen-bond donors (Lipinski definition) is 1. The molecule has 0 spiro atoms. The van der Waals surface area contributed by atoms with Gasteiger partial charge >= 0.3 is 0 Å². The normalized spacial score (nSPS) is 26.5. The molecule has 17 heavy (non-hydrogen) atoms. The molecule has 4 nitrogen and oxygen atoms in total. The molecule has 2 rings (SSSR count). The third-order valence-corrected chi connectivity index (χ3v) is 4.08. The lowest BCUT2D eigenvalue weighted by Gasteiger charge is -2.38. The van der Waals surface area contributed by atoms with Gasteiger partial charge in [0.15, 0.2) is 0 Å². The number of β-amino-alcohol motifs (C(OH)–C–C–N with tert-alkyl or cyclic N) is 1. The van der Waals surface area contributed by atoms with Gasteiger partial charge in [0.2, 0.25) is 0 Å². The lowest BCUT2D eigenvalue weighted by Crippen LogP contribution is -2.51. The number of piperazine rings is 1. The van der Waals surface area contributed by atoms with Crippen LogP contribution in [-0.2, 0) is 4.74 Å². The zero-order valence-electron chi connectivity index (χ0n) is 11.0. The first kappa shape index (κ1) is 13.3. The van der Waals surface area contributed by atoms with Crippen molar-refractivity contribution in [2.24, 2.45) is 0 Å². The summed E-state index contributed by atoms with van der Waals surface area (Å²) < 4.78 is 4.96. The molecule has 4 heteroatoms. The Hall–Kier alpha value is -0.160. The van der Waals surface area contributed by atoms with Gasteiger partial charge in [-0.3, -0.25) is 9.80 Å². The van der Waals surface area contributed by atoms with Crippen LogP contribution >= 0.6 is 0 Å². The summed E-state index contributed by atoms with van der Waals surface area (Å²) in [6.45, 7) is 5.73. The van der Waals surface area contributed by atoms with Gasteiger partial charge in [0.05, 0.1) is 12.7 Å². The van der Waals surface area contributed by atoms with Crippen molar-refractivity contribution in [1.82, 2.24) is 9.80 Å². The van der Waals surface area contributed by atoms with Gasteiger partial charge in [-0.2, -0.15) is 0 Å². The Balaban J connectivity index is 1.66. The summed E-state index contributed by atoms with van der Waals surface area (Å²) >= 11 is 0. The van der Waals surface area contributed by atoms with Crippen molar-refractivity contribution >= 4 is 0 Å². The molecule has 0 radical (unpaired) electrons. The molecule has 1 heterocycles. The zero-order valence-corrected chi connectivity index (χ0v) is 11.0. The second kappa shape index (κ2) is 6.69. The molecule has 1 aliphatic carbocycles. The fraction of sp³-hybridized carbons (Fsp3) is 1.00. The number of aliphatic hydroxyl groups excluding tert-OH is 1. The number of rotatable bonds is 5. The number of hydrogen-bond acceptors (Lipinski definition) is 4. The molecule has 0 amide bonds. The Kier molecular flexibility index (Phi) is 5.22. The van der Waals surface area contributed by atoms with E-state index in [-0.39, 0.29) is 6.10 Å². The SMILES string of the molecule is COCC(O)CN1CCN(C2CCCC2)CC1. The van der Waals surface area contributed by atoms with Gasteiger partial charge in [-0.05, 0) is 12.8 Å². The van der Waals surface area contributed by atoms with Crippen LogP contribution in [0.15, 0.2) is 0 Å². The van der Waals surface area contributed by atoms with Crippen LogP contribution in [0.3, 0.4) is 0 Å². The maximum absolute atomic E-state index is 9.70. The predicted molar refractivity (Wildman–Crippen MR) is 68.2 cm³/mol. The van der Waals surface area contributed by atoms with E-state index < -0.39 is 0 Å². The highest BCUT2D eigenvalue weighted by Gasteiger charge is 2.26. The van der Waals surface area contributed by atoms with Crippen LogP contribution < -0.4 is 0 Å². The highest BCUT2D eigenvalue weighted by Crippen LogP contribution is 2.24. The maximum atomic E-state index is 9.70. The molecular formula is C13H26N2O2. The molecule has 1 unspecified atom stereocenters. The first-order valence-corrected chi connectivity index (χ1v) is 6.93. The fourth-order valence-corrected chi connectivity index (χ4v) is 3.12. The topological polar surface area (TPSA) is 35.9 Å². The van der Waals surface area contributed by atoms with Crippen LogP contribution in [0.25, 0.3) is 0 Å². The minimum absolute atomic E-state index is 0.335. The van der Waals surface area contributed by atoms with Gasteiger partial charge < -0.3 is 9.84 Å². The summed E-state index contributed by atoms with van der Waals surface area (Å²) in [5.41, 5.74) is 0. The van der Waals surface area contributed by atoms with Gasteiger partial charge in [-0.25, -0.2) is 0 Å². The van der Waals surface area contributed by atoms with Crippen LogP contribution in [-0.4, -0.2) is 73.5 Å². The first-order chi connectivity index (χ1) is 8.29. The van der Waals surface area contributed by atoms with Crippen molar-refractivity contribution in [3.63, 3.8) is 0 Å². The van der Waals surface area contributed by atoms with E-state index in [4.69, 9.17) is 4.74 Å². The molecule has 1 aliphatic heterocycles. The molecular weight excluding hydrogens is 216 g/mol. The van der Waals surface area contributed by atoms with Crippen molar-refractivity contribution in [1.29, 1.82) is 0 Å². The first-order valence-electron chi connectivity index (χ1n) is 6.93. The van der Waals surface area contributed by atoms with Gasteiger partial charge in [-0.15, -0.1) is 0 Å². The quantitative estimate of drug-likeness (QED) is 0.764. The monoisotopic (exact) mass is 242 g/mol. The lowest BCUT2D eigenvalue weighted by atomic mass is 10.1. The highest BCUT2D eigenvalue weighted by molar-refractivity contribution is 4.82. The summed E-state index contributed by atoms with van der Waals surface area (Å²) in [5, 5.41) is 9.70. The molecule has 2 aliphatic rings. The highest BCUT2D eigenvalue weighted by atomic mass is 16.5. The van der Waals surface area contributed by atoms with Crippen LogP contribution in [0.1, 0.15) is 25.7 Å². The Labute approximate surface area is 105 Å². The standard InChI is InChI=1S/C13H26N2O2/c1-17-11-13(16)10-14-6-8-15(9-7-14)12-4-2-3-5-12/h12-13,16H,2-11H2,1H3. The van der Waals surface area contributed by atoms with Gasteiger partial charge in [0.1, 0.15) is 0 Å². The number of ether oxygens (including phenoxy) is 1. The van der Waals surface area contributed by atoms with E-state index in [0.29, 0.717) is 6.61 Å². The second-order valence-corrected chi connectivity index (χ2v) is 5.38. The molecule has 2 fully saturated rings. The second-order valence-electron chi connectivity index (χ2n) is 5.38. The van der Waals surface area contributed by atoms with Crippen molar-refractivity contribution < 1.29 is 9.84 Å². The Morgan fingerprint density at radius 1 is 1.18 bits per heavy atom. The third kappa shape index (κ3) is 3.91. The average molecular weight is 242 g/mol. The molecule has 1 saturated heterocycles. The summed E-state index contributed by atoms with van der Waals surface area (Å²) in [6.07, 6.45) is 5.28. The minimum atomic E-state index is -0.335. The zero-order chi connectivity index (χ0) is 12.1. The number of nitrogens with zero attached hydrogens (tertiary/aromatic N) is 2. The van der Waals surface area contributed by atoms with E-state index in [2.05, 4.69) is 9.80 Å². The van der Waals surface area contributed by atoms with Crippen molar-refractivity contribution in [3.8, 4) is 0 Å². The van der Waals surface area contributed by atoms with Crippen molar-refractivity contribution in [3.05, 3.63) is 0 Å². The van der Waals surface area contributed by atoms with E-state index in [9.17, 15) is 5.11 Å². The van der Waals surface area contributed by atoms with Gasteiger partial charge in [0.25, 0.3) is 0 Å². The average Bonchev–Trinajstić information content (AvgIpc) is 2.84. The molecule has 0 aromatic rings. The van der Waals surface area contributed by atoms with Crippen LogP contribution in [0.4, 0.5) is 0 Å². The van der Waals surface area contributed by atoms with E-state index in [1.54, 1.807) is 7.11 Å². The van der Waals surface area contributed by atoms with Crippen molar-refractivity contribution in [2.75, 3.05) is 46.4 Å². The Bertz CT molecular complexity index is 211. The summed E-state index contributed by atoms with van der Waals surface area (Å²) in [5.74, 6) is 0. The lowest BCUT2D eigenvalue weighted by molar-refractivity contribution is 0.0184. The fourth-order valence-electron chi connectivity index (χ4n) is 3.12. The van der Waals surface area contributed by atoms with Gasteiger partial charge in [0, 0.05) is 45.9 Å². The summed E-state index contributed by atoms with van der Waals surface area (Å²) in [6, 6.07) is 0.848. The molecule has 0 bridgehead atoms. The smallest absolute Gasteiger partial charge is 0.0900 e. The molecule has 1 saturated carbocycles. The molecule has 1 N–H and O–H groups in total. The van der Waals surface area contributed by atoms with E-state index in [0.717, 1.165) is 25.7 Å². The number of aliphatic hydroxyl groups is 1. The Morgan fingerprint density at radius 3 is 2.41 bits per heavy atom. The van der Waals surface area contributed by atoms with Crippen LogP contribution in [0, 0.1) is 0 Å². The predicted octanol–water partition coefficient (Wildman–Crippen LogP) is 0.554.